The van der Waals surface area contributed by atoms with Gasteiger partial charge in [-0.15, -0.1) is 0 Å². The highest BCUT2D eigenvalue weighted by Crippen LogP contribution is 2.27. The van der Waals surface area contributed by atoms with Crippen molar-refractivity contribution >= 4 is 11.0 Å². The molecule has 5 nitrogen and oxygen atoms in total. The van der Waals surface area contributed by atoms with Crippen molar-refractivity contribution in [3.05, 3.63) is 84.7 Å². The van der Waals surface area contributed by atoms with Crippen molar-refractivity contribution in [1.82, 2.24) is 9.55 Å². The second-order valence-electron chi connectivity index (χ2n) is 6.68. The van der Waals surface area contributed by atoms with Crippen LogP contribution >= 0.6 is 0 Å². The SMILES string of the molecule is COc1ccccc1OCCn1c([C@H](C)Oc2ccccc2)nc2ccccc21. The monoisotopic (exact) mass is 388 g/mol. The summed E-state index contributed by atoms with van der Waals surface area (Å²) < 4.78 is 19.6. The van der Waals surface area contributed by atoms with Crippen LogP contribution in [0.5, 0.6) is 17.2 Å². The predicted molar refractivity (Wildman–Crippen MR) is 114 cm³/mol. The summed E-state index contributed by atoms with van der Waals surface area (Å²) in [7, 11) is 1.65. The largest absolute Gasteiger partial charge is 0.493 e. The molecule has 0 amide bonds. The van der Waals surface area contributed by atoms with Crippen LogP contribution in [0, 0.1) is 0 Å². The van der Waals surface area contributed by atoms with Crippen molar-refractivity contribution in [2.75, 3.05) is 13.7 Å². The van der Waals surface area contributed by atoms with E-state index in [1.54, 1.807) is 7.11 Å². The Hall–Kier alpha value is -3.47. The minimum atomic E-state index is -0.198. The fourth-order valence-electron chi connectivity index (χ4n) is 3.38. The number of methoxy groups -OCH3 is 1. The first kappa shape index (κ1) is 18.9. The van der Waals surface area contributed by atoms with E-state index in [2.05, 4.69) is 10.6 Å². The van der Waals surface area contributed by atoms with Gasteiger partial charge in [-0.25, -0.2) is 4.98 Å². The van der Waals surface area contributed by atoms with E-state index in [4.69, 9.17) is 19.2 Å². The Kier molecular flexibility index (Phi) is 5.66. The average molecular weight is 388 g/mol. The number of rotatable bonds is 8. The molecule has 0 radical (unpaired) electrons. The van der Waals surface area contributed by atoms with Gasteiger partial charge >= 0.3 is 0 Å². The summed E-state index contributed by atoms with van der Waals surface area (Å²) in [5.41, 5.74) is 2.01. The molecular weight excluding hydrogens is 364 g/mol. The molecule has 1 atom stereocenters. The number of fused-ring (bicyclic) bond motifs is 1. The Balaban J connectivity index is 1.56. The molecule has 0 saturated carbocycles. The molecule has 4 rings (SSSR count). The molecule has 3 aromatic carbocycles. The Labute approximate surface area is 170 Å². The zero-order valence-electron chi connectivity index (χ0n) is 16.6. The molecule has 0 aliphatic heterocycles. The van der Waals surface area contributed by atoms with E-state index in [1.807, 2.05) is 79.7 Å². The first-order valence-corrected chi connectivity index (χ1v) is 9.69. The molecule has 0 bridgehead atoms. The van der Waals surface area contributed by atoms with Gasteiger partial charge in [0.1, 0.15) is 12.4 Å². The van der Waals surface area contributed by atoms with Gasteiger partial charge in [0.25, 0.3) is 0 Å². The highest BCUT2D eigenvalue weighted by molar-refractivity contribution is 5.76. The van der Waals surface area contributed by atoms with Gasteiger partial charge in [0.05, 0.1) is 24.7 Å². The summed E-state index contributed by atoms with van der Waals surface area (Å²) in [5.74, 6) is 3.15. The lowest BCUT2D eigenvalue weighted by molar-refractivity contribution is 0.207. The van der Waals surface area contributed by atoms with Crippen molar-refractivity contribution in [3.8, 4) is 17.2 Å². The van der Waals surface area contributed by atoms with Gasteiger partial charge < -0.3 is 18.8 Å². The molecule has 0 fully saturated rings. The second-order valence-corrected chi connectivity index (χ2v) is 6.68. The smallest absolute Gasteiger partial charge is 0.161 e. The van der Waals surface area contributed by atoms with Crippen molar-refractivity contribution in [3.63, 3.8) is 0 Å². The zero-order chi connectivity index (χ0) is 20.1. The van der Waals surface area contributed by atoms with Crippen LogP contribution in [0.25, 0.3) is 11.0 Å². The number of imidazole rings is 1. The third-order valence-electron chi connectivity index (χ3n) is 4.75. The maximum Gasteiger partial charge on any atom is 0.161 e. The summed E-state index contributed by atoms with van der Waals surface area (Å²) >= 11 is 0. The summed E-state index contributed by atoms with van der Waals surface area (Å²) in [6.45, 7) is 3.16. The van der Waals surface area contributed by atoms with E-state index in [9.17, 15) is 0 Å². The van der Waals surface area contributed by atoms with Gasteiger partial charge in [0.15, 0.2) is 23.4 Å². The standard InChI is InChI=1S/C24H24N2O3/c1-18(29-19-10-4-3-5-11-19)24-25-20-12-6-7-13-21(20)26(24)16-17-28-23-15-9-8-14-22(23)27-2/h3-15,18H,16-17H2,1-2H3/t18-/m0/s1. The van der Waals surface area contributed by atoms with Crippen LogP contribution in [0.2, 0.25) is 0 Å². The predicted octanol–water partition coefficient (Wildman–Crippen LogP) is 5.26. The lowest BCUT2D eigenvalue weighted by Crippen LogP contribution is -2.15. The van der Waals surface area contributed by atoms with Crippen molar-refractivity contribution < 1.29 is 14.2 Å². The number of hydrogen-bond donors (Lipinski definition) is 0. The first-order valence-electron chi connectivity index (χ1n) is 9.69. The van der Waals surface area contributed by atoms with Gasteiger partial charge in [-0.05, 0) is 43.3 Å². The minimum absolute atomic E-state index is 0.198. The fourth-order valence-corrected chi connectivity index (χ4v) is 3.38. The topological polar surface area (TPSA) is 45.5 Å². The molecule has 1 aromatic heterocycles. The van der Waals surface area contributed by atoms with E-state index in [-0.39, 0.29) is 6.10 Å². The summed E-state index contributed by atoms with van der Waals surface area (Å²) in [6, 6.07) is 25.6. The molecule has 0 unspecified atom stereocenters. The maximum absolute atomic E-state index is 6.13. The Morgan fingerprint density at radius 2 is 1.55 bits per heavy atom. The van der Waals surface area contributed by atoms with Crippen LogP contribution in [-0.4, -0.2) is 23.3 Å². The van der Waals surface area contributed by atoms with Crippen molar-refractivity contribution in [2.24, 2.45) is 0 Å². The molecule has 29 heavy (non-hydrogen) atoms. The minimum Gasteiger partial charge on any atom is -0.493 e. The van der Waals surface area contributed by atoms with E-state index < -0.39 is 0 Å². The lowest BCUT2D eigenvalue weighted by Gasteiger charge is -2.17. The van der Waals surface area contributed by atoms with Crippen LogP contribution in [-0.2, 0) is 6.54 Å². The third kappa shape index (κ3) is 4.19. The molecular formula is C24H24N2O3. The van der Waals surface area contributed by atoms with Gasteiger partial charge in [-0.2, -0.15) is 0 Å². The molecule has 0 spiro atoms. The Morgan fingerprint density at radius 3 is 2.34 bits per heavy atom. The van der Waals surface area contributed by atoms with Crippen LogP contribution in [0.4, 0.5) is 0 Å². The zero-order valence-corrected chi connectivity index (χ0v) is 16.6. The number of benzene rings is 3. The van der Waals surface area contributed by atoms with Gasteiger partial charge in [-0.1, -0.05) is 42.5 Å². The number of nitrogens with zero attached hydrogens (tertiary/aromatic N) is 2. The Morgan fingerprint density at radius 1 is 0.862 bits per heavy atom. The normalized spacial score (nSPS) is 11.9. The van der Waals surface area contributed by atoms with Crippen LogP contribution in [0.3, 0.4) is 0 Å². The third-order valence-corrected chi connectivity index (χ3v) is 4.75. The van der Waals surface area contributed by atoms with E-state index in [0.29, 0.717) is 13.2 Å². The van der Waals surface area contributed by atoms with Crippen molar-refractivity contribution in [1.29, 1.82) is 0 Å². The molecule has 5 heteroatoms. The molecule has 0 aliphatic carbocycles. The van der Waals surface area contributed by atoms with E-state index in [0.717, 1.165) is 34.1 Å². The number of hydrogen-bond acceptors (Lipinski definition) is 4. The van der Waals surface area contributed by atoms with Crippen molar-refractivity contribution in [2.45, 2.75) is 19.6 Å². The highest BCUT2D eigenvalue weighted by Gasteiger charge is 2.18. The molecule has 0 N–H and O–H groups in total. The Bertz CT molecular complexity index is 1080. The number of aromatic nitrogens is 2. The number of para-hydroxylation sites is 5. The molecule has 148 valence electrons. The average Bonchev–Trinajstić information content (AvgIpc) is 3.14. The fraction of sp³-hybridized carbons (Fsp3) is 0.208. The number of ether oxygens (including phenoxy) is 3. The van der Waals surface area contributed by atoms with Gasteiger partial charge in [0.2, 0.25) is 0 Å². The lowest BCUT2D eigenvalue weighted by atomic mass is 10.3. The molecule has 1 heterocycles. The second kappa shape index (κ2) is 8.69. The summed E-state index contributed by atoms with van der Waals surface area (Å²) in [6.07, 6.45) is -0.198. The summed E-state index contributed by atoms with van der Waals surface area (Å²) in [5, 5.41) is 0. The summed E-state index contributed by atoms with van der Waals surface area (Å²) in [4.78, 5) is 4.83. The molecule has 0 aliphatic rings. The van der Waals surface area contributed by atoms with Crippen LogP contribution in [0.15, 0.2) is 78.9 Å². The van der Waals surface area contributed by atoms with Gasteiger partial charge in [0, 0.05) is 0 Å². The highest BCUT2D eigenvalue weighted by atomic mass is 16.5. The quantitative estimate of drug-likeness (QED) is 0.413. The maximum atomic E-state index is 6.13. The van der Waals surface area contributed by atoms with Crippen LogP contribution < -0.4 is 14.2 Å². The van der Waals surface area contributed by atoms with Gasteiger partial charge in [-0.3, -0.25) is 0 Å². The van der Waals surface area contributed by atoms with Crippen LogP contribution in [0.1, 0.15) is 18.9 Å². The molecule has 4 aromatic rings. The molecule has 0 saturated heterocycles. The van der Waals surface area contributed by atoms with E-state index >= 15 is 0 Å². The van der Waals surface area contributed by atoms with E-state index in [1.165, 1.54) is 0 Å². The first-order chi connectivity index (χ1) is 14.3.